The lowest BCUT2D eigenvalue weighted by Gasteiger charge is -2.20. The molecule has 1 aromatic carbocycles. The second kappa shape index (κ2) is 6.02. The van der Waals surface area contributed by atoms with Crippen LogP contribution in [0.4, 0.5) is 4.39 Å². The van der Waals surface area contributed by atoms with Crippen LogP contribution < -0.4 is 5.73 Å². The summed E-state index contributed by atoms with van der Waals surface area (Å²) in [5.74, 6) is -0.149. The molecule has 0 amide bonds. The van der Waals surface area contributed by atoms with Crippen molar-refractivity contribution in [2.45, 2.75) is 23.8 Å². The van der Waals surface area contributed by atoms with Gasteiger partial charge in [0.2, 0.25) is 0 Å². The number of halogens is 1. The predicted molar refractivity (Wildman–Crippen MR) is 66.3 cm³/mol. The minimum absolute atomic E-state index is 0.255. The van der Waals surface area contributed by atoms with Crippen LogP contribution in [0.2, 0.25) is 0 Å². The number of hydrogen-bond acceptors (Lipinski definition) is 4. The molecular weight excluding hydrogens is 241 g/mol. The first-order chi connectivity index (χ1) is 7.97. The van der Waals surface area contributed by atoms with E-state index in [1.54, 1.807) is 25.1 Å². The normalized spacial score (nSPS) is 14.1. The SMILES string of the molecule is COC(=O)C(C)(N)CCSc1ccccc1F. The number of hydrogen-bond donors (Lipinski definition) is 1. The van der Waals surface area contributed by atoms with Crippen molar-refractivity contribution in [2.24, 2.45) is 5.73 Å². The molecule has 0 saturated carbocycles. The zero-order chi connectivity index (χ0) is 12.9. The number of nitrogens with two attached hydrogens (primary N) is 1. The highest BCUT2D eigenvalue weighted by Gasteiger charge is 2.28. The average Bonchev–Trinajstić information content (AvgIpc) is 2.30. The van der Waals surface area contributed by atoms with Crippen molar-refractivity contribution in [3.8, 4) is 0 Å². The Bertz CT molecular complexity index is 396. The number of rotatable bonds is 5. The predicted octanol–water partition coefficient (Wildman–Crippen LogP) is 2.20. The molecular formula is C12H16FNO2S. The molecule has 0 heterocycles. The van der Waals surface area contributed by atoms with Crippen LogP contribution in [0.3, 0.4) is 0 Å². The van der Waals surface area contributed by atoms with Crippen LogP contribution in [0, 0.1) is 5.82 Å². The lowest BCUT2D eigenvalue weighted by Crippen LogP contribution is -2.46. The van der Waals surface area contributed by atoms with Crippen molar-refractivity contribution in [2.75, 3.05) is 12.9 Å². The fraction of sp³-hybridized carbons (Fsp3) is 0.417. The van der Waals surface area contributed by atoms with Gasteiger partial charge in [-0.25, -0.2) is 4.39 Å². The molecule has 17 heavy (non-hydrogen) atoms. The van der Waals surface area contributed by atoms with Gasteiger partial charge in [0, 0.05) is 10.6 Å². The first kappa shape index (κ1) is 14.0. The van der Waals surface area contributed by atoms with Gasteiger partial charge in [-0.2, -0.15) is 0 Å². The molecule has 0 aliphatic rings. The lowest BCUT2D eigenvalue weighted by atomic mass is 10.0. The summed E-state index contributed by atoms with van der Waals surface area (Å²) in [6.07, 6.45) is 0.429. The molecule has 0 fully saturated rings. The van der Waals surface area contributed by atoms with E-state index in [2.05, 4.69) is 4.74 Å². The third-order valence-electron chi connectivity index (χ3n) is 2.37. The van der Waals surface area contributed by atoms with Crippen molar-refractivity contribution >= 4 is 17.7 Å². The number of esters is 1. The maximum absolute atomic E-state index is 13.3. The highest BCUT2D eigenvalue weighted by Crippen LogP contribution is 2.23. The molecule has 94 valence electrons. The van der Waals surface area contributed by atoms with Gasteiger partial charge >= 0.3 is 5.97 Å². The van der Waals surface area contributed by atoms with Crippen LogP contribution in [0.25, 0.3) is 0 Å². The van der Waals surface area contributed by atoms with Crippen molar-refractivity contribution in [1.82, 2.24) is 0 Å². The van der Waals surface area contributed by atoms with E-state index in [9.17, 15) is 9.18 Å². The maximum atomic E-state index is 13.3. The monoisotopic (exact) mass is 257 g/mol. The molecule has 0 aliphatic carbocycles. The van der Waals surface area contributed by atoms with Crippen molar-refractivity contribution in [3.05, 3.63) is 30.1 Å². The number of benzene rings is 1. The third-order valence-corrected chi connectivity index (χ3v) is 3.42. The summed E-state index contributed by atoms with van der Waals surface area (Å²) in [5, 5.41) is 0. The molecule has 0 radical (unpaired) electrons. The Balaban J connectivity index is 2.48. The van der Waals surface area contributed by atoms with Gasteiger partial charge in [0.25, 0.3) is 0 Å². The largest absolute Gasteiger partial charge is 0.468 e. The molecule has 1 rings (SSSR count). The fourth-order valence-corrected chi connectivity index (χ4v) is 2.40. The van der Waals surface area contributed by atoms with Crippen LogP contribution in [0.5, 0.6) is 0 Å². The first-order valence-electron chi connectivity index (χ1n) is 5.22. The number of thioether (sulfide) groups is 1. The van der Waals surface area contributed by atoms with Gasteiger partial charge in [0.05, 0.1) is 7.11 Å². The minimum Gasteiger partial charge on any atom is -0.468 e. The second-order valence-corrected chi connectivity index (χ2v) is 5.07. The van der Waals surface area contributed by atoms with E-state index in [-0.39, 0.29) is 5.82 Å². The number of carbonyl (C=O) groups excluding carboxylic acids is 1. The van der Waals surface area contributed by atoms with Gasteiger partial charge in [-0.05, 0) is 25.5 Å². The lowest BCUT2D eigenvalue weighted by molar-refractivity contribution is -0.146. The number of carbonyl (C=O) groups is 1. The Morgan fingerprint density at radius 3 is 2.76 bits per heavy atom. The number of ether oxygens (including phenoxy) is 1. The third kappa shape index (κ3) is 4.02. The number of methoxy groups -OCH3 is 1. The van der Waals surface area contributed by atoms with Crippen molar-refractivity contribution in [1.29, 1.82) is 0 Å². The molecule has 0 spiro atoms. The molecule has 2 N–H and O–H groups in total. The van der Waals surface area contributed by atoms with Crippen LogP contribution in [-0.2, 0) is 9.53 Å². The Labute approximate surface area is 105 Å². The summed E-state index contributed by atoms with van der Waals surface area (Å²) >= 11 is 1.34. The summed E-state index contributed by atoms with van der Waals surface area (Å²) in [6.45, 7) is 1.61. The molecule has 1 unspecified atom stereocenters. The first-order valence-corrected chi connectivity index (χ1v) is 6.20. The zero-order valence-electron chi connectivity index (χ0n) is 9.90. The Morgan fingerprint density at radius 2 is 2.18 bits per heavy atom. The van der Waals surface area contributed by atoms with E-state index >= 15 is 0 Å². The maximum Gasteiger partial charge on any atom is 0.325 e. The van der Waals surface area contributed by atoms with Gasteiger partial charge < -0.3 is 10.5 Å². The Hall–Kier alpha value is -1.07. The standard InChI is InChI=1S/C12H16FNO2S/c1-12(14,11(15)16-2)7-8-17-10-6-4-3-5-9(10)13/h3-6H,7-8,14H2,1-2H3. The van der Waals surface area contributed by atoms with E-state index < -0.39 is 11.5 Å². The molecule has 5 heteroatoms. The smallest absolute Gasteiger partial charge is 0.325 e. The minimum atomic E-state index is -1.02. The summed E-state index contributed by atoms with van der Waals surface area (Å²) in [5.41, 5.74) is 4.77. The van der Waals surface area contributed by atoms with Crippen LogP contribution in [0.15, 0.2) is 29.2 Å². The topological polar surface area (TPSA) is 52.3 Å². The Morgan fingerprint density at radius 1 is 1.53 bits per heavy atom. The molecule has 0 bridgehead atoms. The van der Waals surface area contributed by atoms with E-state index in [0.717, 1.165) is 0 Å². The summed E-state index contributed by atoms with van der Waals surface area (Å²) < 4.78 is 17.9. The molecule has 1 aromatic rings. The molecule has 0 aromatic heterocycles. The zero-order valence-corrected chi connectivity index (χ0v) is 10.7. The van der Waals surface area contributed by atoms with E-state index in [1.165, 1.54) is 24.9 Å². The van der Waals surface area contributed by atoms with E-state index in [4.69, 9.17) is 5.73 Å². The molecule has 1 atom stereocenters. The highest BCUT2D eigenvalue weighted by molar-refractivity contribution is 7.99. The average molecular weight is 257 g/mol. The molecule has 3 nitrogen and oxygen atoms in total. The van der Waals surface area contributed by atoms with Gasteiger partial charge in [-0.1, -0.05) is 12.1 Å². The van der Waals surface area contributed by atoms with Crippen LogP contribution >= 0.6 is 11.8 Å². The van der Waals surface area contributed by atoms with Crippen LogP contribution in [-0.4, -0.2) is 24.4 Å². The second-order valence-electron chi connectivity index (χ2n) is 3.94. The van der Waals surface area contributed by atoms with E-state index in [0.29, 0.717) is 17.1 Å². The van der Waals surface area contributed by atoms with Gasteiger partial charge in [0.1, 0.15) is 11.4 Å². The van der Waals surface area contributed by atoms with Crippen LogP contribution in [0.1, 0.15) is 13.3 Å². The Kier molecular flexibility index (Phi) is 4.96. The molecule has 0 aliphatic heterocycles. The fourth-order valence-electron chi connectivity index (χ4n) is 1.27. The van der Waals surface area contributed by atoms with Crippen molar-refractivity contribution in [3.63, 3.8) is 0 Å². The summed E-state index contributed by atoms with van der Waals surface area (Å²) in [4.78, 5) is 11.9. The highest BCUT2D eigenvalue weighted by atomic mass is 32.2. The quantitative estimate of drug-likeness (QED) is 0.649. The van der Waals surface area contributed by atoms with Gasteiger partial charge in [0.15, 0.2) is 0 Å². The molecule has 0 saturated heterocycles. The van der Waals surface area contributed by atoms with Gasteiger partial charge in [-0.15, -0.1) is 11.8 Å². The van der Waals surface area contributed by atoms with Gasteiger partial charge in [-0.3, -0.25) is 4.79 Å². The van der Waals surface area contributed by atoms with Crippen molar-refractivity contribution < 1.29 is 13.9 Å². The summed E-state index contributed by atoms with van der Waals surface area (Å²) in [7, 11) is 1.30. The van der Waals surface area contributed by atoms with E-state index in [1.807, 2.05) is 0 Å². The summed E-state index contributed by atoms with van der Waals surface area (Å²) in [6, 6.07) is 6.52.